The van der Waals surface area contributed by atoms with E-state index in [1.165, 1.54) is 49.6 Å². The molecule has 2 aromatic rings. The first-order valence-corrected chi connectivity index (χ1v) is 7.96. The van der Waals surface area contributed by atoms with Gasteiger partial charge in [0, 0.05) is 0 Å². The van der Waals surface area contributed by atoms with E-state index in [2.05, 4.69) is 6.58 Å². The summed E-state index contributed by atoms with van der Waals surface area (Å²) in [5.41, 5.74) is 0.246. The smallest absolute Gasteiger partial charge is 0.264 e. The minimum atomic E-state index is -3.82. The van der Waals surface area contributed by atoms with Gasteiger partial charge in [-0.05, 0) is 42.5 Å². The van der Waals surface area contributed by atoms with E-state index in [0.717, 1.165) is 4.31 Å². The predicted molar refractivity (Wildman–Crippen MR) is 84.1 cm³/mol. The van der Waals surface area contributed by atoms with E-state index in [9.17, 15) is 12.8 Å². The summed E-state index contributed by atoms with van der Waals surface area (Å²) in [6, 6.07) is 11.4. The van der Waals surface area contributed by atoms with Crippen LogP contribution in [0, 0.1) is 5.82 Å². The zero-order valence-electron chi connectivity index (χ0n) is 12.1. The highest BCUT2D eigenvalue weighted by molar-refractivity contribution is 7.92. The Morgan fingerprint density at radius 1 is 1.23 bits per heavy atom. The number of anilines is 1. The number of nitrogens with zero attached hydrogens (tertiary/aromatic N) is 1. The maximum Gasteiger partial charge on any atom is 0.264 e. The quantitative estimate of drug-likeness (QED) is 0.768. The van der Waals surface area contributed by atoms with Crippen molar-refractivity contribution in [2.45, 2.75) is 4.90 Å². The highest BCUT2D eigenvalue weighted by Crippen LogP contribution is 2.25. The molecule has 0 saturated heterocycles. The predicted octanol–water partition coefficient (Wildman–Crippen LogP) is 3.22. The van der Waals surface area contributed by atoms with Crippen molar-refractivity contribution in [1.29, 1.82) is 0 Å². The summed E-state index contributed by atoms with van der Waals surface area (Å²) in [5, 5.41) is 0. The van der Waals surface area contributed by atoms with Gasteiger partial charge in [0.1, 0.15) is 11.6 Å². The van der Waals surface area contributed by atoms with E-state index in [4.69, 9.17) is 4.74 Å². The molecule has 6 heteroatoms. The van der Waals surface area contributed by atoms with Crippen molar-refractivity contribution < 1.29 is 17.5 Å². The molecule has 22 heavy (non-hydrogen) atoms. The Labute approximate surface area is 129 Å². The molecule has 0 saturated carbocycles. The molecule has 0 unspecified atom stereocenters. The van der Waals surface area contributed by atoms with Gasteiger partial charge in [-0.3, -0.25) is 4.31 Å². The zero-order valence-corrected chi connectivity index (χ0v) is 12.9. The summed E-state index contributed by atoms with van der Waals surface area (Å²) in [5.74, 6) is 0.0523. The Kier molecular flexibility index (Phi) is 4.82. The van der Waals surface area contributed by atoms with Gasteiger partial charge in [-0.15, -0.1) is 6.58 Å². The number of hydrogen-bond donors (Lipinski definition) is 0. The van der Waals surface area contributed by atoms with Crippen LogP contribution in [0.4, 0.5) is 10.1 Å². The standard InChI is InChI=1S/C16H16FNO3S/c1-3-11-18(14-6-4-5-13(17)12-14)22(19,20)16-9-7-15(21-2)8-10-16/h3-10,12H,1,11H2,2H3. The summed E-state index contributed by atoms with van der Waals surface area (Å²) < 4.78 is 45.0. The first-order chi connectivity index (χ1) is 10.5. The van der Waals surface area contributed by atoms with Gasteiger partial charge in [0.15, 0.2) is 0 Å². The number of benzene rings is 2. The first kappa shape index (κ1) is 16.0. The minimum Gasteiger partial charge on any atom is -0.497 e. The topological polar surface area (TPSA) is 46.6 Å². The molecule has 4 nitrogen and oxygen atoms in total. The molecule has 0 aliphatic carbocycles. The molecule has 116 valence electrons. The molecule has 0 radical (unpaired) electrons. The Morgan fingerprint density at radius 2 is 1.91 bits per heavy atom. The van der Waals surface area contributed by atoms with Crippen LogP contribution in [0.15, 0.2) is 66.1 Å². The molecule has 0 heterocycles. The monoisotopic (exact) mass is 321 g/mol. The first-order valence-electron chi connectivity index (χ1n) is 6.52. The van der Waals surface area contributed by atoms with Crippen molar-refractivity contribution in [3.05, 3.63) is 67.0 Å². The molecule has 0 N–H and O–H groups in total. The van der Waals surface area contributed by atoms with E-state index >= 15 is 0 Å². The van der Waals surface area contributed by atoms with Crippen molar-refractivity contribution in [1.82, 2.24) is 0 Å². The minimum absolute atomic E-state index is 0.0395. The summed E-state index contributed by atoms with van der Waals surface area (Å²) >= 11 is 0. The van der Waals surface area contributed by atoms with Crippen molar-refractivity contribution >= 4 is 15.7 Å². The van der Waals surface area contributed by atoms with E-state index in [-0.39, 0.29) is 17.1 Å². The molecule has 0 bridgehead atoms. The van der Waals surface area contributed by atoms with Gasteiger partial charge in [0.25, 0.3) is 10.0 Å². The fourth-order valence-electron chi connectivity index (χ4n) is 1.97. The van der Waals surface area contributed by atoms with Gasteiger partial charge in [0.2, 0.25) is 0 Å². The lowest BCUT2D eigenvalue weighted by molar-refractivity contribution is 0.414. The van der Waals surface area contributed by atoms with Crippen molar-refractivity contribution in [3.63, 3.8) is 0 Å². The van der Waals surface area contributed by atoms with Gasteiger partial charge in [-0.1, -0.05) is 12.1 Å². The van der Waals surface area contributed by atoms with Crippen LogP contribution in [0.25, 0.3) is 0 Å². The second-order valence-corrected chi connectivity index (χ2v) is 6.34. The second-order valence-electron chi connectivity index (χ2n) is 4.48. The molecule has 0 aliphatic rings. The van der Waals surface area contributed by atoms with Gasteiger partial charge in [-0.25, -0.2) is 12.8 Å². The van der Waals surface area contributed by atoms with Crippen molar-refractivity contribution in [2.75, 3.05) is 18.0 Å². The maximum absolute atomic E-state index is 13.4. The zero-order chi connectivity index (χ0) is 16.2. The number of sulfonamides is 1. The lowest BCUT2D eigenvalue weighted by Gasteiger charge is -2.23. The molecule has 0 aromatic heterocycles. The van der Waals surface area contributed by atoms with Gasteiger partial charge in [0.05, 0.1) is 24.2 Å². The van der Waals surface area contributed by atoms with Gasteiger partial charge in [-0.2, -0.15) is 0 Å². The summed E-state index contributed by atoms with van der Waals surface area (Å²) in [6.45, 7) is 3.60. The normalized spacial score (nSPS) is 11.0. The van der Waals surface area contributed by atoms with E-state index in [1.54, 1.807) is 12.1 Å². The average Bonchev–Trinajstić information content (AvgIpc) is 2.52. The number of hydrogen-bond acceptors (Lipinski definition) is 3. The molecular weight excluding hydrogens is 305 g/mol. The maximum atomic E-state index is 13.4. The van der Waals surface area contributed by atoms with Crippen LogP contribution in [-0.4, -0.2) is 22.1 Å². The Morgan fingerprint density at radius 3 is 2.45 bits per heavy atom. The molecule has 0 fully saturated rings. The van der Waals surface area contributed by atoms with Crippen molar-refractivity contribution in [3.8, 4) is 5.75 Å². The third-order valence-corrected chi connectivity index (χ3v) is 4.85. The van der Waals surface area contributed by atoms with E-state index < -0.39 is 15.8 Å². The number of halogens is 1. The molecule has 0 amide bonds. The van der Waals surface area contributed by atoms with Gasteiger partial charge >= 0.3 is 0 Å². The fraction of sp³-hybridized carbons (Fsp3) is 0.125. The highest BCUT2D eigenvalue weighted by atomic mass is 32.2. The van der Waals surface area contributed by atoms with Crippen LogP contribution in [0.2, 0.25) is 0 Å². The summed E-state index contributed by atoms with van der Waals surface area (Å²) in [6.07, 6.45) is 1.45. The van der Waals surface area contributed by atoms with Crippen LogP contribution in [0.3, 0.4) is 0 Å². The third kappa shape index (κ3) is 3.28. The second kappa shape index (κ2) is 6.62. The van der Waals surface area contributed by atoms with Crippen LogP contribution in [-0.2, 0) is 10.0 Å². The van der Waals surface area contributed by atoms with Crippen molar-refractivity contribution in [2.24, 2.45) is 0 Å². The van der Waals surface area contributed by atoms with E-state index in [1.807, 2.05) is 0 Å². The molecule has 0 spiro atoms. The summed E-state index contributed by atoms with van der Waals surface area (Å²) in [7, 11) is -2.32. The number of rotatable bonds is 6. The molecule has 2 rings (SSSR count). The molecular formula is C16H16FNO3S. The lowest BCUT2D eigenvalue weighted by atomic mass is 10.3. The highest BCUT2D eigenvalue weighted by Gasteiger charge is 2.24. The number of ether oxygens (including phenoxy) is 1. The average molecular weight is 321 g/mol. The Balaban J connectivity index is 2.47. The molecule has 0 aliphatic heterocycles. The van der Waals surface area contributed by atoms with Crippen LogP contribution in [0.1, 0.15) is 0 Å². The Hall–Kier alpha value is -2.34. The number of methoxy groups -OCH3 is 1. The lowest BCUT2D eigenvalue weighted by Crippen LogP contribution is -2.31. The molecule has 2 aromatic carbocycles. The van der Waals surface area contributed by atoms with Crippen LogP contribution < -0.4 is 9.04 Å². The Bertz CT molecular complexity index is 757. The molecule has 0 atom stereocenters. The van der Waals surface area contributed by atoms with Gasteiger partial charge < -0.3 is 4.74 Å². The SMILES string of the molecule is C=CCN(c1cccc(F)c1)S(=O)(=O)c1ccc(OC)cc1. The summed E-state index contributed by atoms with van der Waals surface area (Å²) in [4.78, 5) is 0.0967. The third-order valence-electron chi connectivity index (χ3n) is 3.04. The van der Waals surface area contributed by atoms with Crippen LogP contribution in [0.5, 0.6) is 5.75 Å². The fourth-order valence-corrected chi connectivity index (χ4v) is 3.39. The van der Waals surface area contributed by atoms with Crippen LogP contribution >= 0.6 is 0 Å². The largest absolute Gasteiger partial charge is 0.497 e. The van der Waals surface area contributed by atoms with E-state index in [0.29, 0.717) is 5.75 Å².